The predicted molar refractivity (Wildman–Crippen MR) is 79.2 cm³/mol. The van der Waals surface area contributed by atoms with Crippen molar-refractivity contribution in [3.05, 3.63) is 17.5 Å². The van der Waals surface area contributed by atoms with E-state index in [4.69, 9.17) is 10.9 Å². The topological polar surface area (TPSA) is 116 Å². The Morgan fingerprint density at radius 1 is 1.38 bits per heavy atom. The minimum Gasteiger partial charge on any atom is -0.409 e. The van der Waals surface area contributed by atoms with Gasteiger partial charge in [-0.15, -0.1) is 0 Å². The van der Waals surface area contributed by atoms with Crippen LogP contribution in [0.25, 0.3) is 0 Å². The molecule has 5 N–H and O–H groups in total. The molecule has 1 aromatic heterocycles. The van der Waals surface area contributed by atoms with Crippen molar-refractivity contribution >= 4 is 11.7 Å². The van der Waals surface area contributed by atoms with Gasteiger partial charge < -0.3 is 16.3 Å². The Morgan fingerprint density at radius 2 is 2.00 bits per heavy atom. The molecular formula is C14H23N5O2. The van der Waals surface area contributed by atoms with Gasteiger partial charge in [0.15, 0.2) is 5.84 Å². The number of nitrogens with one attached hydrogen (secondary N) is 2. The number of oxime groups is 1. The van der Waals surface area contributed by atoms with E-state index in [2.05, 4.69) is 20.7 Å². The Morgan fingerprint density at radius 3 is 2.52 bits per heavy atom. The quantitative estimate of drug-likeness (QED) is 0.293. The highest BCUT2D eigenvalue weighted by atomic mass is 16.4. The van der Waals surface area contributed by atoms with Crippen LogP contribution in [0, 0.1) is 6.92 Å². The maximum atomic E-state index is 12.5. The molecule has 1 aromatic rings. The molecule has 0 aliphatic heterocycles. The molecule has 0 radical (unpaired) electrons. The van der Waals surface area contributed by atoms with Crippen LogP contribution in [0.15, 0.2) is 11.4 Å². The van der Waals surface area contributed by atoms with Gasteiger partial charge in [0.05, 0.1) is 11.8 Å². The molecule has 0 spiro atoms. The van der Waals surface area contributed by atoms with Crippen LogP contribution in [0.4, 0.5) is 0 Å². The molecular weight excluding hydrogens is 270 g/mol. The molecule has 7 nitrogen and oxygen atoms in total. The number of nitrogens with two attached hydrogens (primary N) is 1. The first-order valence-corrected chi connectivity index (χ1v) is 7.39. The molecule has 1 aliphatic rings. The second-order valence-corrected chi connectivity index (χ2v) is 5.70. The van der Waals surface area contributed by atoms with Gasteiger partial charge in [0, 0.05) is 5.69 Å². The minimum atomic E-state index is -0.768. The molecule has 0 aromatic carbocycles. The number of aryl methyl sites for hydroxylation is 1. The SMILES string of the molecule is Cc1[nH]ncc1C(=O)NC1(C(N)=NO)CCCCCCC1. The fraction of sp³-hybridized carbons (Fsp3) is 0.643. The van der Waals surface area contributed by atoms with Gasteiger partial charge in [-0.1, -0.05) is 37.3 Å². The highest BCUT2D eigenvalue weighted by Gasteiger charge is 2.37. The van der Waals surface area contributed by atoms with Crippen molar-refractivity contribution in [1.29, 1.82) is 0 Å². The third-order valence-electron chi connectivity index (χ3n) is 4.23. The standard InChI is InChI=1S/C14H23N5O2/c1-10-11(9-16-18-10)12(20)17-14(13(15)19-21)7-5-3-2-4-6-8-14/h9,21H,2-8H2,1H3,(H2,15,19)(H,16,18)(H,17,20). The van der Waals surface area contributed by atoms with Crippen molar-refractivity contribution in [3.8, 4) is 0 Å². The number of carbonyl (C=O) groups excluding carboxylic acids is 1. The average Bonchev–Trinajstić information content (AvgIpc) is 2.87. The lowest BCUT2D eigenvalue weighted by molar-refractivity contribution is 0.0910. The van der Waals surface area contributed by atoms with Crippen LogP contribution < -0.4 is 11.1 Å². The fourth-order valence-electron chi connectivity index (χ4n) is 2.91. The van der Waals surface area contributed by atoms with Crippen molar-refractivity contribution in [2.75, 3.05) is 0 Å². The monoisotopic (exact) mass is 293 g/mol. The number of carbonyl (C=O) groups is 1. The van der Waals surface area contributed by atoms with E-state index in [1.165, 1.54) is 12.6 Å². The first-order valence-electron chi connectivity index (χ1n) is 7.39. The van der Waals surface area contributed by atoms with Crippen molar-refractivity contribution in [2.24, 2.45) is 10.9 Å². The molecule has 7 heteroatoms. The van der Waals surface area contributed by atoms with Gasteiger partial charge in [-0.2, -0.15) is 5.10 Å². The predicted octanol–water partition coefficient (Wildman–Crippen LogP) is 1.68. The van der Waals surface area contributed by atoms with Gasteiger partial charge in [0.1, 0.15) is 5.54 Å². The molecule has 0 atom stereocenters. The van der Waals surface area contributed by atoms with Crippen LogP contribution in [-0.4, -0.2) is 32.7 Å². The van der Waals surface area contributed by atoms with Crippen LogP contribution in [0.5, 0.6) is 0 Å². The zero-order valence-electron chi connectivity index (χ0n) is 12.4. The number of nitrogens with zero attached hydrogens (tertiary/aromatic N) is 2. The highest BCUT2D eigenvalue weighted by Crippen LogP contribution is 2.27. The number of H-pyrrole nitrogens is 1. The summed E-state index contributed by atoms with van der Waals surface area (Å²) in [6.07, 6.45) is 8.15. The summed E-state index contributed by atoms with van der Waals surface area (Å²) in [5.41, 5.74) is 6.33. The summed E-state index contributed by atoms with van der Waals surface area (Å²) in [7, 11) is 0. The molecule has 21 heavy (non-hydrogen) atoms. The molecule has 0 bridgehead atoms. The summed E-state index contributed by atoms with van der Waals surface area (Å²) in [4.78, 5) is 12.5. The Kier molecular flexibility index (Phi) is 4.82. The molecule has 1 heterocycles. The molecule has 116 valence electrons. The van der Waals surface area contributed by atoms with E-state index in [9.17, 15) is 4.79 Å². The number of amides is 1. The molecule has 1 amide bonds. The number of hydrogen-bond acceptors (Lipinski definition) is 4. The molecule has 0 unspecified atom stereocenters. The van der Waals surface area contributed by atoms with E-state index in [1.54, 1.807) is 6.92 Å². The van der Waals surface area contributed by atoms with Crippen molar-refractivity contribution in [3.63, 3.8) is 0 Å². The Balaban J connectivity index is 2.23. The van der Waals surface area contributed by atoms with E-state index < -0.39 is 5.54 Å². The highest BCUT2D eigenvalue weighted by molar-refractivity contribution is 6.00. The largest absolute Gasteiger partial charge is 0.409 e. The zero-order valence-corrected chi connectivity index (χ0v) is 12.4. The van der Waals surface area contributed by atoms with Crippen molar-refractivity contribution in [1.82, 2.24) is 15.5 Å². The van der Waals surface area contributed by atoms with Crippen LogP contribution in [0.1, 0.15) is 61.0 Å². The summed E-state index contributed by atoms with van der Waals surface area (Å²) in [5, 5.41) is 21.9. The Labute approximate surface area is 124 Å². The summed E-state index contributed by atoms with van der Waals surface area (Å²) < 4.78 is 0. The number of aromatic amines is 1. The van der Waals surface area contributed by atoms with Gasteiger partial charge in [-0.25, -0.2) is 0 Å². The molecule has 2 rings (SSSR count). The van der Waals surface area contributed by atoms with Gasteiger partial charge in [0.25, 0.3) is 5.91 Å². The van der Waals surface area contributed by atoms with Crippen LogP contribution in [0.3, 0.4) is 0 Å². The number of aromatic nitrogens is 2. The van der Waals surface area contributed by atoms with Crippen molar-refractivity contribution in [2.45, 2.75) is 57.4 Å². The molecule has 1 saturated carbocycles. The van der Waals surface area contributed by atoms with Gasteiger partial charge >= 0.3 is 0 Å². The smallest absolute Gasteiger partial charge is 0.255 e. The number of amidine groups is 1. The molecule has 1 fully saturated rings. The van der Waals surface area contributed by atoms with Crippen LogP contribution in [0.2, 0.25) is 0 Å². The summed E-state index contributed by atoms with van der Waals surface area (Å²) >= 11 is 0. The first-order chi connectivity index (χ1) is 10.1. The third kappa shape index (κ3) is 3.34. The number of rotatable bonds is 3. The van der Waals surface area contributed by atoms with E-state index in [0.717, 1.165) is 25.7 Å². The molecule has 1 aliphatic carbocycles. The third-order valence-corrected chi connectivity index (χ3v) is 4.23. The minimum absolute atomic E-state index is 0.0823. The Hall–Kier alpha value is -2.05. The zero-order chi connectivity index (χ0) is 15.3. The average molecular weight is 293 g/mol. The van der Waals surface area contributed by atoms with E-state index in [0.29, 0.717) is 24.1 Å². The summed E-state index contributed by atoms with van der Waals surface area (Å²) in [5.74, 6) is -0.160. The van der Waals surface area contributed by atoms with E-state index in [-0.39, 0.29) is 11.7 Å². The molecule has 0 saturated heterocycles. The lowest BCUT2D eigenvalue weighted by Crippen LogP contribution is -2.57. The maximum Gasteiger partial charge on any atom is 0.255 e. The summed E-state index contributed by atoms with van der Waals surface area (Å²) in [6.45, 7) is 1.79. The van der Waals surface area contributed by atoms with Crippen LogP contribution >= 0.6 is 0 Å². The summed E-state index contributed by atoms with van der Waals surface area (Å²) in [6, 6.07) is 0. The maximum absolute atomic E-state index is 12.5. The van der Waals surface area contributed by atoms with Gasteiger partial charge in [-0.3, -0.25) is 9.89 Å². The lowest BCUT2D eigenvalue weighted by atomic mass is 9.82. The Bertz CT molecular complexity index is 515. The normalized spacial score (nSPS) is 19.6. The van der Waals surface area contributed by atoms with E-state index in [1.807, 2.05) is 0 Å². The van der Waals surface area contributed by atoms with Crippen molar-refractivity contribution < 1.29 is 10.0 Å². The van der Waals surface area contributed by atoms with Gasteiger partial charge in [0.2, 0.25) is 0 Å². The van der Waals surface area contributed by atoms with E-state index >= 15 is 0 Å². The lowest BCUT2D eigenvalue weighted by Gasteiger charge is -2.35. The first kappa shape index (κ1) is 15.3. The second kappa shape index (κ2) is 6.60. The fourth-order valence-corrected chi connectivity index (χ4v) is 2.91. The number of hydrogen-bond donors (Lipinski definition) is 4. The second-order valence-electron chi connectivity index (χ2n) is 5.70. The van der Waals surface area contributed by atoms with Gasteiger partial charge in [-0.05, 0) is 19.8 Å². The van der Waals surface area contributed by atoms with Crippen LogP contribution in [-0.2, 0) is 0 Å².